The molecule has 0 radical (unpaired) electrons. The van der Waals surface area contributed by atoms with Gasteiger partial charge in [0.15, 0.2) is 11.5 Å². The summed E-state index contributed by atoms with van der Waals surface area (Å²) >= 11 is 0. The number of fused-ring (bicyclic) bond motifs is 1. The van der Waals surface area contributed by atoms with Crippen molar-refractivity contribution in [3.8, 4) is 11.5 Å². The molecule has 9 heteroatoms. The van der Waals surface area contributed by atoms with E-state index in [4.69, 9.17) is 9.47 Å². The number of halogens is 3. The summed E-state index contributed by atoms with van der Waals surface area (Å²) in [6.07, 6.45) is 0.624. The monoisotopic (exact) mass is 499 g/mol. The summed E-state index contributed by atoms with van der Waals surface area (Å²) in [5, 5.41) is 9.34. The molecular formula is C27H24F3NO5. The number of aliphatic carboxylic acids is 1. The number of carbonyl (C=O) groups is 2. The van der Waals surface area contributed by atoms with Crippen molar-refractivity contribution in [1.29, 1.82) is 0 Å². The number of rotatable bonds is 8. The SMILES string of the molecule is COc1cc(C(=O)N(CC(=O)O)Cc2cc(F)cc(F)c2)cc2c1O[C@](C)(Cc1ccccc1F)C2. The van der Waals surface area contributed by atoms with Gasteiger partial charge >= 0.3 is 5.97 Å². The van der Waals surface area contributed by atoms with Gasteiger partial charge in [0, 0.05) is 36.6 Å². The van der Waals surface area contributed by atoms with Gasteiger partial charge < -0.3 is 19.5 Å². The number of carboxylic acid groups (broad SMARTS) is 1. The molecule has 0 saturated heterocycles. The average Bonchev–Trinajstić information content (AvgIpc) is 3.14. The van der Waals surface area contributed by atoms with E-state index in [0.29, 0.717) is 29.4 Å². The van der Waals surface area contributed by atoms with Gasteiger partial charge in [-0.05, 0) is 48.4 Å². The third-order valence-corrected chi connectivity index (χ3v) is 5.94. The molecule has 0 bridgehead atoms. The third-order valence-electron chi connectivity index (χ3n) is 5.94. The molecule has 188 valence electrons. The van der Waals surface area contributed by atoms with Gasteiger partial charge in [0.05, 0.1) is 7.11 Å². The van der Waals surface area contributed by atoms with E-state index in [1.54, 1.807) is 24.3 Å². The Kier molecular flexibility index (Phi) is 6.92. The summed E-state index contributed by atoms with van der Waals surface area (Å²) in [5.41, 5.74) is 0.555. The van der Waals surface area contributed by atoms with E-state index in [1.165, 1.54) is 19.2 Å². The van der Waals surface area contributed by atoms with Crippen LogP contribution in [0.4, 0.5) is 13.2 Å². The van der Waals surface area contributed by atoms with Crippen molar-refractivity contribution >= 4 is 11.9 Å². The molecule has 0 aliphatic carbocycles. The van der Waals surface area contributed by atoms with E-state index in [1.807, 2.05) is 6.92 Å². The maximum absolute atomic E-state index is 14.3. The molecule has 0 saturated carbocycles. The van der Waals surface area contributed by atoms with Gasteiger partial charge in [0.1, 0.15) is 29.6 Å². The van der Waals surface area contributed by atoms with Crippen LogP contribution in [0.15, 0.2) is 54.6 Å². The molecule has 0 unspecified atom stereocenters. The smallest absolute Gasteiger partial charge is 0.323 e. The highest BCUT2D eigenvalue weighted by Gasteiger charge is 2.38. The van der Waals surface area contributed by atoms with Crippen LogP contribution in [-0.2, 0) is 24.2 Å². The fourth-order valence-electron chi connectivity index (χ4n) is 4.48. The third kappa shape index (κ3) is 5.45. The zero-order valence-corrected chi connectivity index (χ0v) is 19.7. The number of nitrogens with zero attached hydrogens (tertiary/aromatic N) is 1. The van der Waals surface area contributed by atoms with Crippen LogP contribution in [0.5, 0.6) is 11.5 Å². The number of hydrogen-bond donors (Lipinski definition) is 1. The van der Waals surface area contributed by atoms with Crippen molar-refractivity contribution in [1.82, 2.24) is 4.90 Å². The normalized spacial score (nSPS) is 16.2. The van der Waals surface area contributed by atoms with Crippen LogP contribution < -0.4 is 9.47 Å². The van der Waals surface area contributed by atoms with Gasteiger partial charge in [0.2, 0.25) is 0 Å². The Hall–Kier alpha value is -4.01. The average molecular weight is 499 g/mol. The van der Waals surface area contributed by atoms with Crippen molar-refractivity contribution in [3.63, 3.8) is 0 Å². The number of hydrogen-bond acceptors (Lipinski definition) is 4. The van der Waals surface area contributed by atoms with Crippen molar-refractivity contribution in [3.05, 3.63) is 94.3 Å². The summed E-state index contributed by atoms with van der Waals surface area (Å²) in [5.74, 6) is -3.28. The fourth-order valence-corrected chi connectivity index (χ4v) is 4.48. The van der Waals surface area contributed by atoms with Crippen molar-refractivity contribution in [2.75, 3.05) is 13.7 Å². The zero-order valence-electron chi connectivity index (χ0n) is 19.7. The van der Waals surface area contributed by atoms with Crippen LogP contribution in [0.1, 0.15) is 34.0 Å². The number of benzene rings is 3. The molecule has 4 rings (SSSR count). The number of amides is 1. The number of carbonyl (C=O) groups excluding carboxylic acids is 1. The van der Waals surface area contributed by atoms with Gasteiger partial charge in [-0.15, -0.1) is 0 Å². The lowest BCUT2D eigenvalue weighted by atomic mass is 9.91. The molecule has 6 nitrogen and oxygen atoms in total. The standard InChI is InChI=1S/C27H24F3NO5/c1-27(12-17-5-3-4-6-22(17)30)13-19-9-18(10-23(35-2)25(19)36-27)26(34)31(15-24(32)33)14-16-7-20(28)11-21(29)8-16/h3-11H,12-15H2,1-2H3,(H,32,33)/t27-/m1/s1. The summed E-state index contributed by atoms with van der Waals surface area (Å²) in [7, 11) is 1.41. The fraction of sp³-hybridized carbons (Fsp3) is 0.259. The first-order valence-electron chi connectivity index (χ1n) is 11.2. The van der Waals surface area contributed by atoms with E-state index in [-0.39, 0.29) is 35.7 Å². The second kappa shape index (κ2) is 9.93. The maximum atomic E-state index is 14.3. The second-order valence-corrected chi connectivity index (χ2v) is 9.00. The van der Waals surface area contributed by atoms with Crippen molar-refractivity contribution < 1.29 is 37.3 Å². The highest BCUT2D eigenvalue weighted by molar-refractivity contribution is 5.97. The molecule has 0 aromatic heterocycles. The van der Waals surface area contributed by atoms with Gasteiger partial charge in [-0.2, -0.15) is 0 Å². The Bertz CT molecular complexity index is 1310. The minimum absolute atomic E-state index is 0.107. The highest BCUT2D eigenvalue weighted by atomic mass is 19.1. The molecular weight excluding hydrogens is 475 g/mol. The summed E-state index contributed by atoms with van der Waals surface area (Å²) in [6, 6.07) is 12.2. The first kappa shape index (κ1) is 25.1. The van der Waals surface area contributed by atoms with Gasteiger partial charge in [-0.25, -0.2) is 13.2 Å². The first-order chi connectivity index (χ1) is 17.1. The summed E-state index contributed by atoms with van der Waals surface area (Å²) in [6.45, 7) is 0.828. The summed E-state index contributed by atoms with van der Waals surface area (Å²) in [4.78, 5) is 25.8. The largest absolute Gasteiger partial charge is 0.493 e. The molecule has 1 atom stereocenters. The predicted octanol–water partition coefficient (Wildman–Crippen LogP) is 4.78. The first-order valence-corrected chi connectivity index (χ1v) is 11.2. The van der Waals surface area contributed by atoms with Gasteiger partial charge in [-0.3, -0.25) is 9.59 Å². The lowest BCUT2D eigenvalue weighted by molar-refractivity contribution is -0.137. The topological polar surface area (TPSA) is 76.1 Å². The Morgan fingerprint density at radius 3 is 2.42 bits per heavy atom. The molecule has 1 N–H and O–H groups in total. The van der Waals surface area contributed by atoms with Crippen LogP contribution in [0.25, 0.3) is 0 Å². The number of carboxylic acids is 1. The van der Waals surface area contributed by atoms with Crippen LogP contribution in [0.2, 0.25) is 0 Å². The van der Waals surface area contributed by atoms with Gasteiger partial charge in [-0.1, -0.05) is 18.2 Å². The molecule has 36 heavy (non-hydrogen) atoms. The maximum Gasteiger partial charge on any atom is 0.323 e. The number of ether oxygens (including phenoxy) is 2. The van der Waals surface area contributed by atoms with E-state index in [9.17, 15) is 27.9 Å². The second-order valence-electron chi connectivity index (χ2n) is 9.00. The molecule has 1 aliphatic rings. The summed E-state index contributed by atoms with van der Waals surface area (Å²) < 4.78 is 53.2. The van der Waals surface area contributed by atoms with Crippen LogP contribution in [0.3, 0.4) is 0 Å². The van der Waals surface area contributed by atoms with Crippen molar-refractivity contribution in [2.24, 2.45) is 0 Å². The molecule has 1 aliphatic heterocycles. The minimum Gasteiger partial charge on any atom is -0.493 e. The molecule has 0 spiro atoms. The number of methoxy groups -OCH3 is 1. The Morgan fingerprint density at radius 1 is 1.08 bits per heavy atom. The van der Waals surface area contributed by atoms with E-state index in [0.717, 1.165) is 17.0 Å². The Balaban J connectivity index is 1.63. The molecule has 0 fully saturated rings. The van der Waals surface area contributed by atoms with Crippen LogP contribution >= 0.6 is 0 Å². The van der Waals surface area contributed by atoms with E-state index in [2.05, 4.69) is 0 Å². The lowest BCUT2D eigenvalue weighted by Crippen LogP contribution is -2.35. The Morgan fingerprint density at radius 2 is 1.78 bits per heavy atom. The molecule has 1 heterocycles. The predicted molar refractivity (Wildman–Crippen MR) is 125 cm³/mol. The molecule has 3 aromatic carbocycles. The van der Waals surface area contributed by atoms with Crippen molar-refractivity contribution in [2.45, 2.75) is 31.9 Å². The quantitative estimate of drug-likeness (QED) is 0.483. The molecule has 3 aromatic rings. The van der Waals surface area contributed by atoms with Gasteiger partial charge in [0.25, 0.3) is 5.91 Å². The minimum atomic E-state index is -1.28. The highest BCUT2D eigenvalue weighted by Crippen LogP contribution is 2.44. The lowest BCUT2D eigenvalue weighted by Gasteiger charge is -2.24. The van der Waals surface area contributed by atoms with Crippen LogP contribution in [-0.4, -0.2) is 41.1 Å². The van der Waals surface area contributed by atoms with E-state index >= 15 is 0 Å². The van der Waals surface area contributed by atoms with E-state index < -0.39 is 35.7 Å². The molecule has 1 amide bonds. The van der Waals surface area contributed by atoms with Crippen LogP contribution in [0, 0.1) is 17.5 Å². The zero-order chi connectivity index (χ0) is 26.0. The Labute approximate surface area is 205 Å².